The van der Waals surface area contributed by atoms with Crippen molar-refractivity contribution in [2.24, 2.45) is 0 Å². The topological polar surface area (TPSA) is 86.2 Å². The molecular weight excluding hydrogens is 639 g/mol. The van der Waals surface area contributed by atoms with E-state index in [4.69, 9.17) is 10.8 Å². The number of rotatable bonds is 4. The number of likely N-dealkylation sites (tertiary alicyclic amines) is 1. The molecule has 2 N–H and O–H groups in total. The zero-order valence-electron chi connectivity index (χ0n) is 16.9. The van der Waals surface area contributed by atoms with Crippen LogP contribution in [0.5, 0.6) is 5.75 Å². The molecule has 2 aromatic carbocycles. The number of phenols is 1. The summed E-state index contributed by atoms with van der Waals surface area (Å²) in [6, 6.07) is 10.6. The number of phenolic OH excluding ortho intramolecular Hbond substituents is 1. The van der Waals surface area contributed by atoms with E-state index in [0.717, 1.165) is 43.8 Å². The summed E-state index contributed by atoms with van der Waals surface area (Å²) in [6.07, 6.45) is -3.79. The number of halogens is 5. The Bertz CT molecular complexity index is 1050. The molecule has 0 radical (unpaired) electrons. The van der Waals surface area contributed by atoms with Gasteiger partial charge in [0, 0.05) is 38.1 Å². The van der Waals surface area contributed by atoms with E-state index in [0.29, 0.717) is 4.90 Å². The molecule has 0 spiro atoms. The average molecular weight is 657 g/mol. The Kier molecular flexibility index (Phi) is 9.83. The van der Waals surface area contributed by atoms with Crippen molar-refractivity contribution in [3.8, 4) is 17.1 Å². The molecule has 13 heteroatoms. The zero-order valence-corrected chi connectivity index (χ0v) is 20.6. The second-order valence-electron chi connectivity index (χ2n) is 7.03. The van der Waals surface area contributed by atoms with Crippen molar-refractivity contribution in [2.45, 2.75) is 30.1 Å². The molecule has 1 aromatic heterocycles. The molecule has 2 heterocycles. The molecule has 1 saturated heterocycles. The van der Waals surface area contributed by atoms with E-state index in [1.165, 1.54) is 6.07 Å². The first-order chi connectivity index (χ1) is 15.2. The van der Waals surface area contributed by atoms with Gasteiger partial charge in [-0.2, -0.15) is 22.0 Å². The molecule has 3 aromatic rings. The summed E-state index contributed by atoms with van der Waals surface area (Å²) >= 11 is 0.286. The van der Waals surface area contributed by atoms with Crippen LogP contribution in [0.15, 0.2) is 51.9 Å². The van der Waals surface area contributed by atoms with Gasteiger partial charge in [-0.3, -0.25) is 0 Å². The normalized spacial score (nSPS) is 16.1. The summed E-state index contributed by atoms with van der Waals surface area (Å²) in [7, 11) is 0. The standard InChI is InChI=1S/C11H14FN2S.C9H4F4N2O2.W/c12-15-11-3-1-2-9(6-11)7-14-5-4-10(13)8-14;10-5-3-4(1-2-6(5)16)7-14-8(17-15-7)9(11,12)13;/h1-3,6,10,13H,4-5,7-8H2;1-3,16H;/q-1;;. The van der Waals surface area contributed by atoms with Gasteiger partial charge in [-0.25, -0.2) is 4.39 Å². The van der Waals surface area contributed by atoms with E-state index in [9.17, 15) is 21.4 Å². The summed E-state index contributed by atoms with van der Waals surface area (Å²) in [5.74, 6) is -3.52. The van der Waals surface area contributed by atoms with Gasteiger partial charge in [0.15, 0.2) is 11.6 Å². The molecule has 178 valence electrons. The van der Waals surface area contributed by atoms with Gasteiger partial charge in [0.1, 0.15) is 0 Å². The fraction of sp³-hybridized carbons (Fsp3) is 0.300. The zero-order chi connectivity index (χ0) is 23.3. The summed E-state index contributed by atoms with van der Waals surface area (Å²) in [5.41, 5.74) is 8.70. The van der Waals surface area contributed by atoms with Crippen molar-refractivity contribution in [3.63, 3.8) is 0 Å². The van der Waals surface area contributed by atoms with E-state index in [2.05, 4.69) is 19.6 Å². The smallest absolute Gasteiger partial charge is 0.471 e. The fourth-order valence-electron chi connectivity index (χ4n) is 3.03. The minimum absolute atomic E-state index is 0. The third-order valence-corrected chi connectivity index (χ3v) is 4.97. The first kappa shape index (κ1) is 27.2. The largest absolute Gasteiger partial charge is 0.674 e. The second kappa shape index (κ2) is 11.9. The number of benzene rings is 2. The predicted octanol–water partition coefficient (Wildman–Crippen LogP) is 5.89. The summed E-state index contributed by atoms with van der Waals surface area (Å²) in [4.78, 5) is 5.98. The number of alkyl halides is 3. The van der Waals surface area contributed by atoms with Gasteiger partial charge < -0.3 is 20.3 Å². The van der Waals surface area contributed by atoms with Gasteiger partial charge in [0.25, 0.3) is 0 Å². The van der Waals surface area contributed by atoms with Gasteiger partial charge in [0.05, 0.1) is 12.1 Å². The number of hydrogen-bond donors (Lipinski definition) is 1. The maximum atomic E-state index is 12.9. The molecular formula is C20H18F5N4O2SW-. The van der Waals surface area contributed by atoms with Gasteiger partial charge in [-0.05, 0) is 49.0 Å². The molecule has 1 unspecified atom stereocenters. The first-order valence-electron chi connectivity index (χ1n) is 9.36. The van der Waals surface area contributed by atoms with Crippen molar-refractivity contribution in [3.05, 3.63) is 65.5 Å². The summed E-state index contributed by atoms with van der Waals surface area (Å²) in [5, 5.41) is 12.0. The number of aromatic nitrogens is 2. The van der Waals surface area contributed by atoms with Crippen LogP contribution in [0.2, 0.25) is 0 Å². The van der Waals surface area contributed by atoms with E-state index >= 15 is 0 Å². The molecule has 6 nitrogen and oxygen atoms in total. The average Bonchev–Trinajstić information content (AvgIpc) is 3.40. The Morgan fingerprint density at radius 1 is 1.21 bits per heavy atom. The van der Waals surface area contributed by atoms with E-state index in [1.54, 1.807) is 6.07 Å². The Morgan fingerprint density at radius 3 is 2.55 bits per heavy atom. The van der Waals surface area contributed by atoms with Crippen molar-refractivity contribution >= 4 is 12.1 Å². The van der Waals surface area contributed by atoms with Crippen LogP contribution in [0.3, 0.4) is 0 Å². The molecule has 0 aliphatic carbocycles. The molecule has 1 aliphatic rings. The van der Waals surface area contributed by atoms with Crippen LogP contribution in [0.25, 0.3) is 17.1 Å². The Morgan fingerprint density at radius 2 is 1.97 bits per heavy atom. The van der Waals surface area contributed by atoms with Crippen LogP contribution in [0, 0.1) is 5.82 Å². The first-order valence-corrected chi connectivity index (χ1v) is 10.1. The van der Waals surface area contributed by atoms with Crippen molar-refractivity contribution in [1.82, 2.24) is 15.0 Å². The van der Waals surface area contributed by atoms with Crippen molar-refractivity contribution in [1.29, 1.82) is 0 Å². The summed E-state index contributed by atoms with van der Waals surface area (Å²) in [6.45, 7) is 2.66. The van der Waals surface area contributed by atoms with Crippen LogP contribution in [-0.4, -0.2) is 39.3 Å². The molecule has 0 saturated carbocycles. The SMILES string of the molecule is Oc1ccc(-c2noc(C(F)(F)F)n2)cc1F.[NH-]C1CCN(Cc2cccc(SF)c2)C1.[W]. The van der Waals surface area contributed by atoms with Gasteiger partial charge >= 0.3 is 12.1 Å². The van der Waals surface area contributed by atoms with Crippen LogP contribution in [-0.2, 0) is 33.8 Å². The quantitative estimate of drug-likeness (QED) is 0.353. The number of hydrogen-bond acceptors (Lipinski definition) is 6. The van der Waals surface area contributed by atoms with E-state index in [1.807, 2.05) is 18.2 Å². The number of nitrogens with one attached hydrogen (secondary N) is 1. The molecule has 1 aliphatic heterocycles. The molecule has 0 amide bonds. The third kappa shape index (κ3) is 7.77. The molecule has 1 atom stereocenters. The number of aromatic hydroxyl groups is 1. The minimum atomic E-state index is -4.75. The molecule has 4 rings (SSSR count). The van der Waals surface area contributed by atoms with Gasteiger partial charge in [0.2, 0.25) is 5.82 Å². The summed E-state index contributed by atoms with van der Waals surface area (Å²) < 4.78 is 65.7. The van der Waals surface area contributed by atoms with Crippen molar-refractivity contribution in [2.75, 3.05) is 13.1 Å². The van der Waals surface area contributed by atoms with Crippen molar-refractivity contribution < 1.29 is 52.1 Å². The van der Waals surface area contributed by atoms with Gasteiger partial charge in [-0.1, -0.05) is 23.7 Å². The Labute approximate surface area is 204 Å². The monoisotopic (exact) mass is 657 g/mol. The Balaban J connectivity index is 0.000000228. The fourth-order valence-corrected chi connectivity index (χ4v) is 3.35. The van der Waals surface area contributed by atoms with Gasteiger partial charge in [-0.15, -0.1) is 6.04 Å². The third-order valence-electron chi connectivity index (χ3n) is 4.54. The number of nitrogens with zero attached hydrogens (tertiary/aromatic N) is 3. The Hall–Kier alpha value is -2.01. The second-order valence-corrected chi connectivity index (χ2v) is 7.66. The maximum Gasteiger partial charge on any atom is 0.471 e. The predicted molar refractivity (Wildman–Crippen MR) is 108 cm³/mol. The molecule has 0 bridgehead atoms. The van der Waals surface area contributed by atoms with Crippen LogP contribution >= 0.6 is 12.1 Å². The minimum Gasteiger partial charge on any atom is -0.674 e. The van der Waals surface area contributed by atoms with Crippen LogP contribution in [0.1, 0.15) is 17.9 Å². The molecule has 33 heavy (non-hydrogen) atoms. The molecule has 1 fully saturated rings. The van der Waals surface area contributed by atoms with Crippen LogP contribution in [0.4, 0.5) is 21.4 Å². The van der Waals surface area contributed by atoms with E-state index < -0.39 is 29.5 Å². The van der Waals surface area contributed by atoms with Crippen LogP contribution < -0.4 is 0 Å². The van der Waals surface area contributed by atoms with E-state index in [-0.39, 0.29) is 44.8 Å². The maximum absolute atomic E-state index is 12.9.